The monoisotopic (exact) mass is 268 g/mol. The van der Waals surface area contributed by atoms with E-state index in [4.69, 9.17) is 5.73 Å². The van der Waals surface area contributed by atoms with Crippen molar-refractivity contribution in [3.05, 3.63) is 41.5 Å². The van der Waals surface area contributed by atoms with Gasteiger partial charge >= 0.3 is 0 Å². The number of benzene rings is 1. The number of nitrogens with zero attached hydrogens (tertiary/aromatic N) is 2. The van der Waals surface area contributed by atoms with Crippen molar-refractivity contribution in [3.8, 4) is 11.3 Å². The molecule has 0 atom stereocenters. The van der Waals surface area contributed by atoms with Crippen molar-refractivity contribution in [1.29, 1.82) is 0 Å². The number of aromatic amines is 1. The van der Waals surface area contributed by atoms with Crippen LogP contribution in [0.15, 0.2) is 24.3 Å². The van der Waals surface area contributed by atoms with Gasteiger partial charge in [-0.05, 0) is 26.5 Å². The van der Waals surface area contributed by atoms with E-state index >= 15 is 0 Å². The summed E-state index contributed by atoms with van der Waals surface area (Å²) >= 11 is 0. The Balaban J connectivity index is 2.28. The zero-order chi connectivity index (χ0) is 14.3. The van der Waals surface area contributed by atoms with Gasteiger partial charge in [-0.3, -0.25) is 0 Å². The van der Waals surface area contributed by atoms with Crippen LogP contribution in [0.5, 0.6) is 0 Å². The molecule has 0 aliphatic heterocycles. The average molecular weight is 268 g/mol. The van der Waals surface area contributed by atoms with Gasteiger partial charge in [0.25, 0.3) is 0 Å². The molecular formula is C16H20N4. The van der Waals surface area contributed by atoms with Crippen LogP contribution in [-0.2, 0) is 13.5 Å². The Morgan fingerprint density at radius 3 is 2.75 bits per heavy atom. The molecule has 3 aromatic rings. The molecule has 0 radical (unpaired) electrons. The molecule has 0 bridgehead atoms. The number of hydrogen-bond acceptors (Lipinski definition) is 2. The van der Waals surface area contributed by atoms with E-state index < -0.39 is 0 Å². The molecule has 4 nitrogen and oxygen atoms in total. The summed E-state index contributed by atoms with van der Waals surface area (Å²) < 4.78 is 2.17. The van der Waals surface area contributed by atoms with Crippen LogP contribution < -0.4 is 5.73 Å². The lowest BCUT2D eigenvalue weighted by molar-refractivity contribution is 0.782. The summed E-state index contributed by atoms with van der Waals surface area (Å²) in [5.74, 6) is 1.05. The maximum atomic E-state index is 5.67. The second kappa shape index (κ2) is 4.80. The van der Waals surface area contributed by atoms with E-state index in [9.17, 15) is 0 Å². The minimum Gasteiger partial charge on any atom is -0.358 e. The van der Waals surface area contributed by atoms with E-state index in [1.165, 1.54) is 27.9 Å². The second-order valence-corrected chi connectivity index (χ2v) is 5.23. The third kappa shape index (κ3) is 1.84. The fourth-order valence-electron chi connectivity index (χ4n) is 2.98. The van der Waals surface area contributed by atoms with Crippen LogP contribution in [0, 0.1) is 13.8 Å². The van der Waals surface area contributed by atoms with Crippen LogP contribution in [0.25, 0.3) is 22.2 Å². The number of aromatic nitrogens is 3. The Hall–Kier alpha value is -2.07. The number of fused-ring (bicyclic) bond motifs is 1. The zero-order valence-electron chi connectivity index (χ0n) is 12.2. The highest BCUT2D eigenvalue weighted by atomic mass is 15.1. The number of hydrogen-bond donors (Lipinski definition) is 2. The highest BCUT2D eigenvalue weighted by Gasteiger charge is 2.18. The van der Waals surface area contributed by atoms with Crippen molar-refractivity contribution < 1.29 is 0 Å². The molecule has 2 aromatic heterocycles. The Labute approximate surface area is 118 Å². The third-order valence-corrected chi connectivity index (χ3v) is 3.86. The predicted octanol–water partition coefficient (Wildman–Crippen LogP) is 2.69. The highest BCUT2D eigenvalue weighted by Crippen LogP contribution is 2.34. The van der Waals surface area contributed by atoms with Gasteiger partial charge in [-0.2, -0.15) is 0 Å². The van der Waals surface area contributed by atoms with Crippen LogP contribution >= 0.6 is 0 Å². The molecule has 0 aliphatic carbocycles. The van der Waals surface area contributed by atoms with Crippen molar-refractivity contribution in [2.45, 2.75) is 20.3 Å². The molecule has 104 valence electrons. The van der Waals surface area contributed by atoms with Gasteiger partial charge < -0.3 is 15.3 Å². The summed E-state index contributed by atoms with van der Waals surface area (Å²) in [5, 5.41) is 1.25. The molecule has 20 heavy (non-hydrogen) atoms. The second-order valence-electron chi connectivity index (χ2n) is 5.23. The number of nitrogens with one attached hydrogen (secondary N) is 1. The fraction of sp³-hybridized carbons (Fsp3) is 0.312. The van der Waals surface area contributed by atoms with Crippen molar-refractivity contribution in [1.82, 2.24) is 14.5 Å². The zero-order valence-corrected chi connectivity index (χ0v) is 12.2. The van der Waals surface area contributed by atoms with E-state index in [1.807, 2.05) is 0 Å². The van der Waals surface area contributed by atoms with Gasteiger partial charge in [0.1, 0.15) is 5.82 Å². The minimum atomic E-state index is 0.622. The number of para-hydroxylation sites is 1. The van der Waals surface area contributed by atoms with Crippen molar-refractivity contribution in [2.75, 3.05) is 6.54 Å². The van der Waals surface area contributed by atoms with Gasteiger partial charge in [0.2, 0.25) is 0 Å². The topological polar surface area (TPSA) is 59.6 Å². The maximum absolute atomic E-state index is 5.67. The Morgan fingerprint density at radius 1 is 1.25 bits per heavy atom. The lowest BCUT2D eigenvalue weighted by atomic mass is 10.1. The number of H-pyrrole nitrogens is 1. The molecule has 1 aromatic carbocycles. The molecule has 0 aliphatic rings. The van der Waals surface area contributed by atoms with Gasteiger partial charge in [0, 0.05) is 35.6 Å². The van der Waals surface area contributed by atoms with E-state index in [0.29, 0.717) is 6.54 Å². The third-order valence-electron chi connectivity index (χ3n) is 3.86. The van der Waals surface area contributed by atoms with Gasteiger partial charge in [0.05, 0.1) is 11.4 Å². The van der Waals surface area contributed by atoms with E-state index in [2.05, 4.69) is 59.7 Å². The molecular weight excluding hydrogens is 248 g/mol. The molecule has 0 saturated carbocycles. The quantitative estimate of drug-likeness (QED) is 0.767. The minimum absolute atomic E-state index is 0.622. The van der Waals surface area contributed by atoms with Gasteiger partial charge in [0.15, 0.2) is 0 Å². The summed E-state index contributed by atoms with van der Waals surface area (Å²) in [6.45, 7) is 4.80. The molecule has 0 unspecified atom stereocenters. The van der Waals surface area contributed by atoms with E-state index in [-0.39, 0.29) is 0 Å². The first-order valence-electron chi connectivity index (χ1n) is 6.93. The smallest absolute Gasteiger partial charge is 0.110 e. The molecule has 2 heterocycles. The molecule has 4 heteroatoms. The molecule has 0 amide bonds. The van der Waals surface area contributed by atoms with Crippen LogP contribution in [0.1, 0.15) is 17.2 Å². The van der Waals surface area contributed by atoms with Gasteiger partial charge in [-0.1, -0.05) is 18.2 Å². The predicted molar refractivity (Wildman–Crippen MR) is 82.7 cm³/mol. The molecule has 0 spiro atoms. The van der Waals surface area contributed by atoms with Crippen molar-refractivity contribution >= 4 is 10.9 Å². The lowest BCUT2D eigenvalue weighted by Gasteiger charge is -2.07. The van der Waals surface area contributed by atoms with Crippen LogP contribution in [0.2, 0.25) is 0 Å². The first-order chi connectivity index (χ1) is 9.63. The Morgan fingerprint density at radius 2 is 2.00 bits per heavy atom. The number of aryl methyl sites for hydroxylation is 2. The van der Waals surface area contributed by atoms with Crippen LogP contribution in [-0.4, -0.2) is 21.1 Å². The summed E-state index contributed by atoms with van der Waals surface area (Å²) in [5.41, 5.74) is 11.5. The van der Waals surface area contributed by atoms with E-state index in [0.717, 1.165) is 17.9 Å². The average Bonchev–Trinajstić information content (AvgIpc) is 2.88. The standard InChI is InChI=1S/C16H20N4/c1-10-15(12-6-4-5-7-13(12)18-10)16-11(2)19-14(8-9-17)20(16)3/h4-7,18H,8-9,17H2,1-3H3. The molecule has 0 fully saturated rings. The lowest BCUT2D eigenvalue weighted by Crippen LogP contribution is -2.08. The largest absolute Gasteiger partial charge is 0.358 e. The van der Waals surface area contributed by atoms with E-state index in [1.54, 1.807) is 0 Å². The van der Waals surface area contributed by atoms with Crippen molar-refractivity contribution in [3.63, 3.8) is 0 Å². The Bertz CT molecular complexity index is 764. The first kappa shape index (κ1) is 12.9. The Kier molecular flexibility index (Phi) is 3.10. The number of rotatable bonds is 3. The molecule has 0 saturated heterocycles. The number of imidazole rings is 1. The highest BCUT2D eigenvalue weighted by molar-refractivity contribution is 5.97. The van der Waals surface area contributed by atoms with Crippen molar-refractivity contribution in [2.24, 2.45) is 12.8 Å². The summed E-state index contributed by atoms with van der Waals surface area (Å²) in [4.78, 5) is 8.13. The maximum Gasteiger partial charge on any atom is 0.110 e. The molecule has 3 rings (SSSR count). The van der Waals surface area contributed by atoms with Gasteiger partial charge in [-0.15, -0.1) is 0 Å². The number of nitrogens with two attached hydrogens (primary N) is 1. The van der Waals surface area contributed by atoms with Crippen LogP contribution in [0.3, 0.4) is 0 Å². The fourth-order valence-corrected chi connectivity index (χ4v) is 2.98. The molecule has 3 N–H and O–H groups in total. The SMILES string of the molecule is Cc1nc(CCN)n(C)c1-c1c(C)[nH]c2ccccc12. The summed E-state index contributed by atoms with van der Waals surface area (Å²) in [6.07, 6.45) is 0.804. The summed E-state index contributed by atoms with van der Waals surface area (Å²) in [6, 6.07) is 8.39. The van der Waals surface area contributed by atoms with Gasteiger partial charge in [-0.25, -0.2) is 4.98 Å². The van der Waals surface area contributed by atoms with Crippen LogP contribution in [0.4, 0.5) is 0 Å². The summed E-state index contributed by atoms with van der Waals surface area (Å²) in [7, 11) is 2.07. The first-order valence-corrected chi connectivity index (χ1v) is 6.93. The normalized spacial score (nSPS) is 11.4.